The van der Waals surface area contributed by atoms with E-state index in [1.54, 1.807) is 0 Å². The molecule has 10 heteroatoms. The van der Waals surface area contributed by atoms with Gasteiger partial charge in [-0.3, -0.25) is 5.32 Å². The van der Waals surface area contributed by atoms with Crippen molar-refractivity contribution in [2.24, 2.45) is 0 Å². The molecule has 8 nitrogen and oxygen atoms in total. The van der Waals surface area contributed by atoms with Crippen LogP contribution in [0, 0.1) is 11.6 Å². The zero-order chi connectivity index (χ0) is 22.4. The van der Waals surface area contributed by atoms with Gasteiger partial charge in [-0.1, -0.05) is 19.3 Å². The Balaban J connectivity index is 0.000000185. The third-order valence-corrected chi connectivity index (χ3v) is 5.33. The summed E-state index contributed by atoms with van der Waals surface area (Å²) in [4.78, 5) is 33.3. The molecule has 31 heavy (non-hydrogen) atoms. The molecular formula is C21H25F2N5O3. The molecule has 0 radical (unpaired) electrons. The number of carbonyl (C=O) groups excluding carboxylic acids is 1. The van der Waals surface area contributed by atoms with Gasteiger partial charge in [0.15, 0.2) is 0 Å². The maximum absolute atomic E-state index is 13.0. The lowest BCUT2D eigenvalue weighted by Gasteiger charge is -2.30. The average molecular weight is 433 g/mol. The number of aromatic nitrogens is 2. The number of rotatable bonds is 3. The summed E-state index contributed by atoms with van der Waals surface area (Å²) >= 11 is 0. The first-order valence-corrected chi connectivity index (χ1v) is 10.1. The van der Waals surface area contributed by atoms with Crippen LogP contribution < -0.4 is 5.32 Å². The van der Waals surface area contributed by atoms with Crippen molar-refractivity contribution in [3.63, 3.8) is 0 Å². The Labute approximate surface area is 178 Å². The van der Waals surface area contributed by atoms with Gasteiger partial charge in [0, 0.05) is 50.2 Å². The molecular weight excluding hydrogens is 408 g/mol. The van der Waals surface area contributed by atoms with Gasteiger partial charge >= 0.3 is 12.1 Å². The Morgan fingerprint density at radius 3 is 2.16 bits per heavy atom. The van der Waals surface area contributed by atoms with Crippen molar-refractivity contribution < 1.29 is 23.5 Å². The Hall–Kier alpha value is -3.30. The molecule has 0 spiro atoms. The van der Waals surface area contributed by atoms with E-state index in [-0.39, 0.29) is 17.5 Å². The third-order valence-electron chi connectivity index (χ3n) is 5.33. The fourth-order valence-electron chi connectivity index (χ4n) is 3.76. The molecule has 1 saturated carbocycles. The summed E-state index contributed by atoms with van der Waals surface area (Å²) in [5.74, 6) is -1.53. The van der Waals surface area contributed by atoms with Crippen LogP contribution in [0.15, 0.2) is 30.6 Å². The van der Waals surface area contributed by atoms with Crippen LogP contribution in [0.5, 0.6) is 0 Å². The fourth-order valence-corrected chi connectivity index (χ4v) is 3.76. The number of benzene rings is 1. The number of nitrogens with one attached hydrogen (secondary N) is 1. The van der Waals surface area contributed by atoms with Crippen molar-refractivity contribution >= 4 is 18.1 Å². The van der Waals surface area contributed by atoms with Gasteiger partial charge in [-0.2, -0.15) is 0 Å². The third kappa shape index (κ3) is 6.09. The van der Waals surface area contributed by atoms with Gasteiger partial charge in [-0.05, 0) is 30.5 Å². The van der Waals surface area contributed by atoms with E-state index in [0.29, 0.717) is 11.6 Å². The van der Waals surface area contributed by atoms with Crippen molar-refractivity contribution in [3.8, 4) is 11.1 Å². The molecule has 0 atom stereocenters. The first-order valence-electron chi connectivity index (χ1n) is 10.1. The van der Waals surface area contributed by atoms with Crippen molar-refractivity contribution in [1.29, 1.82) is 0 Å². The molecule has 2 fully saturated rings. The van der Waals surface area contributed by atoms with E-state index in [0.717, 1.165) is 31.3 Å². The molecule has 166 valence electrons. The smallest absolute Gasteiger partial charge is 0.411 e. The van der Waals surface area contributed by atoms with Crippen LogP contribution in [0.2, 0.25) is 0 Å². The highest BCUT2D eigenvalue weighted by Crippen LogP contribution is 2.25. The van der Waals surface area contributed by atoms with Crippen molar-refractivity contribution in [1.82, 2.24) is 19.8 Å². The van der Waals surface area contributed by atoms with Crippen LogP contribution in [0.4, 0.5) is 24.3 Å². The lowest BCUT2D eigenvalue weighted by Crippen LogP contribution is -2.39. The number of carboxylic acid groups (broad SMARTS) is 1. The molecule has 1 aromatic heterocycles. The number of nitrogens with zero attached hydrogens (tertiary/aromatic N) is 4. The first-order chi connectivity index (χ1) is 14.8. The second-order valence-electron chi connectivity index (χ2n) is 7.57. The van der Waals surface area contributed by atoms with E-state index in [4.69, 9.17) is 5.11 Å². The van der Waals surface area contributed by atoms with E-state index < -0.39 is 17.7 Å². The summed E-state index contributed by atoms with van der Waals surface area (Å²) in [7, 11) is 1.89. The van der Waals surface area contributed by atoms with Crippen LogP contribution in [0.3, 0.4) is 0 Å². The number of likely N-dealkylation sites (N-methyl/N-ethyl adjacent to an activating group) is 1. The van der Waals surface area contributed by atoms with Crippen LogP contribution in [-0.4, -0.2) is 63.2 Å². The second-order valence-corrected chi connectivity index (χ2v) is 7.57. The van der Waals surface area contributed by atoms with Crippen molar-refractivity contribution in [3.05, 3.63) is 42.2 Å². The minimum Gasteiger partial charge on any atom is -0.465 e. The predicted molar refractivity (Wildman–Crippen MR) is 111 cm³/mol. The number of halogens is 2. The summed E-state index contributed by atoms with van der Waals surface area (Å²) in [6, 6.07) is 3.81. The van der Waals surface area contributed by atoms with E-state index in [1.165, 1.54) is 44.5 Å². The molecule has 1 saturated heterocycles. The van der Waals surface area contributed by atoms with Gasteiger partial charge in [-0.15, -0.1) is 0 Å². The Morgan fingerprint density at radius 1 is 1.03 bits per heavy atom. The Morgan fingerprint density at radius 2 is 1.65 bits per heavy atom. The van der Waals surface area contributed by atoms with Crippen LogP contribution in [0.25, 0.3) is 11.1 Å². The minimum atomic E-state index is -1.29. The number of hydrogen-bond donors (Lipinski definition) is 2. The van der Waals surface area contributed by atoms with Gasteiger partial charge in [0.2, 0.25) is 5.95 Å². The normalized spacial score (nSPS) is 16.7. The zero-order valence-electron chi connectivity index (χ0n) is 17.2. The van der Waals surface area contributed by atoms with E-state index in [2.05, 4.69) is 14.9 Å². The number of urea groups is 1. The zero-order valence-corrected chi connectivity index (χ0v) is 17.2. The summed E-state index contributed by atoms with van der Waals surface area (Å²) < 4.78 is 26.0. The largest absolute Gasteiger partial charge is 0.465 e. The van der Waals surface area contributed by atoms with Crippen LogP contribution in [-0.2, 0) is 0 Å². The molecule has 3 amide bonds. The molecule has 4 rings (SSSR count). The average Bonchev–Trinajstić information content (AvgIpc) is 3.07. The lowest BCUT2D eigenvalue weighted by atomic mass is 9.94. The molecule has 2 heterocycles. The van der Waals surface area contributed by atoms with Crippen molar-refractivity contribution in [2.75, 3.05) is 25.5 Å². The second kappa shape index (κ2) is 10.1. The number of anilines is 1. The topological polar surface area (TPSA) is 98.7 Å². The van der Waals surface area contributed by atoms with Crippen molar-refractivity contribution in [2.45, 2.75) is 38.1 Å². The quantitative estimate of drug-likeness (QED) is 0.756. The van der Waals surface area contributed by atoms with E-state index >= 15 is 0 Å². The summed E-state index contributed by atoms with van der Waals surface area (Å²) in [6.07, 6.45) is 7.66. The molecule has 1 aliphatic heterocycles. The fraction of sp³-hybridized carbons (Fsp3) is 0.429. The van der Waals surface area contributed by atoms with Crippen LogP contribution >= 0.6 is 0 Å². The predicted octanol–water partition coefficient (Wildman–Crippen LogP) is 4.20. The maximum atomic E-state index is 13.0. The summed E-state index contributed by atoms with van der Waals surface area (Å²) in [5, 5.41) is 10.4. The highest BCUT2D eigenvalue weighted by atomic mass is 19.1. The SMILES string of the molecule is CN1CCN(C2CCCCC2)C1=O.O=C(O)Nc1ncc(-c2cc(F)cc(F)c2)cn1. The molecule has 1 aromatic carbocycles. The number of amides is 3. The lowest BCUT2D eigenvalue weighted by molar-refractivity contribution is 0.167. The summed E-state index contributed by atoms with van der Waals surface area (Å²) in [5.41, 5.74) is 0.652. The minimum absolute atomic E-state index is 0.108. The highest BCUT2D eigenvalue weighted by Gasteiger charge is 2.31. The van der Waals surface area contributed by atoms with Gasteiger partial charge in [0.1, 0.15) is 11.6 Å². The Kier molecular flexibility index (Phi) is 7.32. The molecule has 0 unspecified atom stereocenters. The highest BCUT2D eigenvalue weighted by molar-refractivity contribution is 5.80. The molecule has 1 aliphatic carbocycles. The van der Waals surface area contributed by atoms with E-state index in [9.17, 15) is 18.4 Å². The maximum Gasteiger partial charge on any atom is 0.411 e. The monoisotopic (exact) mass is 433 g/mol. The number of carbonyl (C=O) groups is 2. The van der Waals surface area contributed by atoms with Gasteiger partial charge < -0.3 is 14.9 Å². The number of hydrogen-bond acceptors (Lipinski definition) is 4. The molecule has 0 bridgehead atoms. The van der Waals surface area contributed by atoms with Gasteiger partial charge in [-0.25, -0.2) is 28.3 Å². The standard InChI is InChI=1S/C11H7F2N3O2.C10H18N2O/c12-8-1-6(2-9(13)3-8)7-4-14-10(15-5-7)16-11(17)18;1-11-7-8-12(10(11)13)9-5-3-2-4-6-9/h1-5H,(H,17,18)(H,14,15,16);9H,2-8H2,1H3. The molecule has 2 N–H and O–H groups in total. The first kappa shape index (κ1) is 22.4. The van der Waals surface area contributed by atoms with Gasteiger partial charge in [0.05, 0.1) is 0 Å². The Bertz CT molecular complexity index is 899. The van der Waals surface area contributed by atoms with E-state index in [1.807, 2.05) is 17.3 Å². The van der Waals surface area contributed by atoms with Gasteiger partial charge in [0.25, 0.3) is 0 Å². The molecule has 2 aliphatic rings. The summed E-state index contributed by atoms with van der Waals surface area (Å²) in [6.45, 7) is 1.86. The molecule has 2 aromatic rings. The van der Waals surface area contributed by atoms with Crippen LogP contribution in [0.1, 0.15) is 32.1 Å².